The molecule has 10 heteroatoms. The monoisotopic (exact) mass is 461 g/mol. The third-order valence-corrected chi connectivity index (χ3v) is 6.86. The van der Waals surface area contributed by atoms with E-state index in [2.05, 4.69) is 27.0 Å². The number of nitrogens with zero attached hydrogens (tertiary/aromatic N) is 4. The number of likely N-dealkylation sites (N-methyl/N-ethyl adjacent to an activating group) is 1. The maximum atomic E-state index is 12.4. The van der Waals surface area contributed by atoms with Crippen molar-refractivity contribution in [2.75, 3.05) is 65.1 Å². The molecule has 0 atom stereocenters. The lowest BCUT2D eigenvalue weighted by Crippen LogP contribution is -2.38. The number of nitrogens with one attached hydrogen (secondary N) is 1. The molecule has 3 aromatic rings. The highest BCUT2D eigenvalue weighted by Gasteiger charge is 2.21. The number of carbonyl (C=O) groups excluding carboxylic acids is 1. The van der Waals surface area contributed by atoms with E-state index in [1.807, 2.05) is 18.0 Å². The van der Waals surface area contributed by atoms with Crippen LogP contribution in [0, 0.1) is 0 Å². The third-order valence-electron chi connectivity index (χ3n) is 5.09. The van der Waals surface area contributed by atoms with Crippen LogP contribution in [-0.4, -0.2) is 80.9 Å². The van der Waals surface area contributed by atoms with Gasteiger partial charge in [0.25, 0.3) is 0 Å². The minimum absolute atomic E-state index is 0.0612. The summed E-state index contributed by atoms with van der Waals surface area (Å²) in [5.41, 5.74) is 1.12. The van der Waals surface area contributed by atoms with E-state index < -0.39 is 0 Å². The molecule has 4 rings (SSSR count). The van der Waals surface area contributed by atoms with Gasteiger partial charge in [0, 0.05) is 49.6 Å². The molecule has 0 radical (unpaired) electrons. The Kier molecular flexibility index (Phi) is 7.46. The van der Waals surface area contributed by atoms with Crippen molar-refractivity contribution in [1.29, 1.82) is 0 Å². The van der Waals surface area contributed by atoms with Crippen molar-refractivity contribution in [3.05, 3.63) is 28.7 Å². The number of methoxy groups -OCH3 is 1. The van der Waals surface area contributed by atoms with Crippen LogP contribution in [0.25, 0.3) is 20.7 Å². The molecule has 4 heterocycles. The molecule has 3 aromatic heterocycles. The van der Waals surface area contributed by atoms with Crippen molar-refractivity contribution in [3.63, 3.8) is 0 Å². The van der Waals surface area contributed by atoms with Crippen molar-refractivity contribution in [2.24, 2.45) is 0 Å². The number of aromatic nitrogens is 2. The zero-order valence-corrected chi connectivity index (χ0v) is 19.4. The third kappa shape index (κ3) is 5.39. The minimum Gasteiger partial charge on any atom is -0.383 e. The van der Waals surface area contributed by atoms with Crippen molar-refractivity contribution in [3.8, 4) is 10.4 Å². The summed E-state index contributed by atoms with van der Waals surface area (Å²) >= 11 is 3.32. The number of ether oxygens (including phenoxy) is 2. The predicted molar refractivity (Wildman–Crippen MR) is 125 cm³/mol. The summed E-state index contributed by atoms with van der Waals surface area (Å²) in [5.74, 6) is 1.50. The van der Waals surface area contributed by atoms with Gasteiger partial charge in [-0.05, 0) is 11.4 Å². The molecule has 1 N–H and O–H groups in total. The quantitative estimate of drug-likeness (QED) is 0.490. The van der Waals surface area contributed by atoms with Gasteiger partial charge in [0.1, 0.15) is 16.5 Å². The van der Waals surface area contributed by atoms with Crippen LogP contribution in [0.5, 0.6) is 0 Å². The summed E-state index contributed by atoms with van der Waals surface area (Å²) in [5, 5.41) is 8.09. The molecular weight excluding hydrogens is 434 g/mol. The Morgan fingerprint density at radius 3 is 2.90 bits per heavy atom. The molecule has 166 valence electrons. The summed E-state index contributed by atoms with van der Waals surface area (Å²) < 4.78 is 10.5. The van der Waals surface area contributed by atoms with Gasteiger partial charge in [-0.15, -0.1) is 22.7 Å². The SMILES string of the molecule is COCCNC(=O)CN(C)c1nc(CN2CCOCC2)nc2scc(-c3cccs3)c12. The first-order valence-corrected chi connectivity index (χ1v) is 12.0. The van der Waals surface area contributed by atoms with Gasteiger partial charge in [-0.1, -0.05) is 6.07 Å². The first kappa shape index (κ1) is 22.1. The topological polar surface area (TPSA) is 79.8 Å². The fraction of sp³-hybridized carbons (Fsp3) is 0.476. The molecule has 1 fully saturated rings. The van der Waals surface area contributed by atoms with Crippen molar-refractivity contribution < 1.29 is 14.3 Å². The van der Waals surface area contributed by atoms with Crippen LogP contribution >= 0.6 is 22.7 Å². The smallest absolute Gasteiger partial charge is 0.239 e. The summed E-state index contributed by atoms with van der Waals surface area (Å²) in [6.07, 6.45) is 0. The molecule has 0 bridgehead atoms. The highest BCUT2D eigenvalue weighted by molar-refractivity contribution is 7.18. The highest BCUT2D eigenvalue weighted by Crippen LogP contribution is 2.39. The van der Waals surface area contributed by atoms with E-state index in [1.165, 1.54) is 4.88 Å². The zero-order chi connectivity index (χ0) is 21.6. The Morgan fingerprint density at radius 2 is 2.16 bits per heavy atom. The van der Waals surface area contributed by atoms with Crippen molar-refractivity contribution >= 4 is 44.6 Å². The first-order chi connectivity index (χ1) is 15.2. The van der Waals surface area contributed by atoms with E-state index in [0.717, 1.165) is 53.7 Å². The maximum Gasteiger partial charge on any atom is 0.239 e. The second kappa shape index (κ2) is 10.5. The number of hydrogen-bond donors (Lipinski definition) is 1. The number of thiophene rings is 2. The van der Waals surface area contributed by atoms with Crippen molar-refractivity contribution in [2.45, 2.75) is 6.54 Å². The predicted octanol–water partition coefficient (Wildman–Crippen LogP) is 2.45. The van der Waals surface area contributed by atoms with E-state index in [0.29, 0.717) is 19.7 Å². The molecule has 0 saturated carbocycles. The molecule has 0 aromatic carbocycles. The molecular formula is C21H27N5O3S2. The van der Waals surface area contributed by atoms with Crippen LogP contribution in [0.1, 0.15) is 5.82 Å². The van der Waals surface area contributed by atoms with E-state index in [-0.39, 0.29) is 12.5 Å². The van der Waals surface area contributed by atoms with Gasteiger partial charge in [-0.3, -0.25) is 9.69 Å². The number of morpholine rings is 1. The second-order valence-corrected chi connectivity index (χ2v) is 9.16. The Balaban J connectivity index is 1.65. The van der Waals surface area contributed by atoms with Crippen LogP contribution in [0.4, 0.5) is 5.82 Å². The van der Waals surface area contributed by atoms with Gasteiger partial charge in [-0.25, -0.2) is 9.97 Å². The number of hydrogen-bond acceptors (Lipinski definition) is 9. The molecule has 1 amide bonds. The Morgan fingerprint density at radius 1 is 1.32 bits per heavy atom. The van der Waals surface area contributed by atoms with Gasteiger partial charge in [0.2, 0.25) is 5.91 Å². The van der Waals surface area contributed by atoms with Crippen LogP contribution in [0.2, 0.25) is 0 Å². The summed E-state index contributed by atoms with van der Waals surface area (Å²) in [6, 6.07) is 4.15. The number of rotatable bonds is 9. The standard InChI is InChI=1S/C21H27N5O3S2/c1-25(13-18(27)22-5-8-28-2)20-19-15(16-4-3-11-30-16)14-31-21(19)24-17(23-20)12-26-6-9-29-10-7-26/h3-4,11,14H,5-10,12-13H2,1-2H3,(H,22,27). The summed E-state index contributed by atoms with van der Waals surface area (Å²) in [4.78, 5) is 28.6. The molecule has 1 saturated heterocycles. The van der Waals surface area contributed by atoms with Crippen LogP contribution < -0.4 is 10.2 Å². The molecule has 0 unspecified atom stereocenters. The lowest BCUT2D eigenvalue weighted by molar-refractivity contribution is -0.119. The second-order valence-electron chi connectivity index (χ2n) is 7.36. The Hall–Kier alpha value is -2.11. The van der Waals surface area contributed by atoms with Crippen molar-refractivity contribution in [1.82, 2.24) is 20.2 Å². The normalized spacial score (nSPS) is 14.8. The van der Waals surface area contributed by atoms with Gasteiger partial charge in [0.15, 0.2) is 0 Å². The molecule has 1 aliphatic heterocycles. The lowest BCUT2D eigenvalue weighted by atomic mass is 10.2. The average molecular weight is 462 g/mol. The van der Waals surface area contributed by atoms with Crippen LogP contribution in [0.15, 0.2) is 22.9 Å². The van der Waals surface area contributed by atoms with Crippen LogP contribution in [-0.2, 0) is 20.8 Å². The largest absolute Gasteiger partial charge is 0.383 e. The van der Waals surface area contributed by atoms with Gasteiger partial charge in [-0.2, -0.15) is 0 Å². The maximum absolute atomic E-state index is 12.4. The van der Waals surface area contributed by atoms with E-state index >= 15 is 0 Å². The molecule has 0 spiro atoms. The number of amides is 1. The zero-order valence-electron chi connectivity index (χ0n) is 17.8. The Labute approximate surface area is 189 Å². The van der Waals surface area contributed by atoms with Gasteiger partial charge < -0.3 is 19.7 Å². The van der Waals surface area contributed by atoms with Crippen LogP contribution in [0.3, 0.4) is 0 Å². The fourth-order valence-electron chi connectivity index (χ4n) is 3.52. The molecule has 31 heavy (non-hydrogen) atoms. The van der Waals surface area contributed by atoms with E-state index in [4.69, 9.17) is 19.4 Å². The van der Waals surface area contributed by atoms with E-state index in [1.54, 1.807) is 29.8 Å². The number of fused-ring (bicyclic) bond motifs is 1. The minimum atomic E-state index is -0.0612. The summed E-state index contributed by atoms with van der Waals surface area (Å²) in [6.45, 7) is 5.08. The first-order valence-electron chi connectivity index (χ1n) is 10.2. The van der Waals surface area contributed by atoms with Gasteiger partial charge >= 0.3 is 0 Å². The fourth-order valence-corrected chi connectivity index (χ4v) is 5.30. The number of carbonyl (C=O) groups is 1. The lowest BCUT2D eigenvalue weighted by Gasteiger charge is -2.26. The average Bonchev–Trinajstić information content (AvgIpc) is 3.44. The molecule has 8 nitrogen and oxygen atoms in total. The highest BCUT2D eigenvalue weighted by atomic mass is 32.1. The summed E-state index contributed by atoms with van der Waals surface area (Å²) in [7, 11) is 3.53. The molecule has 0 aliphatic carbocycles. The van der Waals surface area contributed by atoms with E-state index in [9.17, 15) is 4.79 Å². The Bertz CT molecular complexity index is 1000. The van der Waals surface area contributed by atoms with Gasteiger partial charge in [0.05, 0.1) is 38.3 Å². The molecule has 1 aliphatic rings. The number of anilines is 1.